The first-order chi connectivity index (χ1) is 12.9. The zero-order chi connectivity index (χ0) is 19.2. The Morgan fingerprint density at radius 2 is 1.89 bits per heavy atom. The Morgan fingerprint density at radius 3 is 2.63 bits per heavy atom. The number of alkyl halides is 1. The average Bonchev–Trinajstić information content (AvgIpc) is 2.90. The number of hydrogen-bond acceptors (Lipinski definition) is 4. The number of fused-ring (bicyclic) bond motifs is 2. The summed E-state index contributed by atoms with van der Waals surface area (Å²) in [6, 6.07) is 13.6. The van der Waals surface area contributed by atoms with E-state index in [1.165, 1.54) is 12.1 Å². The van der Waals surface area contributed by atoms with Gasteiger partial charge in [-0.05, 0) is 18.5 Å². The molecule has 0 aliphatic carbocycles. The lowest BCUT2D eigenvalue weighted by Crippen LogP contribution is -2.62. The molecule has 1 spiro atoms. The van der Waals surface area contributed by atoms with E-state index in [1.54, 1.807) is 16.8 Å². The number of hydrogen-bond donors (Lipinski definition) is 0. The minimum Gasteiger partial charge on any atom is -0.593 e. The fourth-order valence-corrected chi connectivity index (χ4v) is 4.06. The van der Waals surface area contributed by atoms with Gasteiger partial charge in [-0.2, -0.15) is 0 Å². The minimum atomic E-state index is -2.70. The van der Waals surface area contributed by atoms with Gasteiger partial charge in [0.2, 0.25) is 0 Å². The molecule has 0 aromatic heterocycles. The van der Waals surface area contributed by atoms with Gasteiger partial charge in [-0.1, -0.05) is 58.4 Å². The van der Waals surface area contributed by atoms with Gasteiger partial charge in [0, 0.05) is 11.1 Å². The number of carbonyl (C=O) groups excluding carboxylic acids is 2. The molecular weight excluding hydrogens is 416 g/mol. The van der Waals surface area contributed by atoms with Crippen molar-refractivity contribution in [3.05, 3.63) is 65.5 Å². The van der Waals surface area contributed by atoms with Gasteiger partial charge >= 0.3 is 6.69 Å². The topological polar surface area (TPSA) is 55.6 Å². The van der Waals surface area contributed by atoms with Crippen LogP contribution in [-0.2, 0) is 18.9 Å². The van der Waals surface area contributed by atoms with Crippen LogP contribution in [0.3, 0.4) is 0 Å². The average molecular weight is 432 g/mol. The molecule has 0 amide bonds. The van der Waals surface area contributed by atoms with E-state index in [0.717, 1.165) is 5.56 Å². The van der Waals surface area contributed by atoms with E-state index in [-0.39, 0.29) is 18.0 Å². The summed E-state index contributed by atoms with van der Waals surface area (Å²) in [5.41, 5.74) is 1.52. The molecule has 4 rings (SSSR count). The predicted octanol–water partition coefficient (Wildman–Crippen LogP) is 2.43. The van der Waals surface area contributed by atoms with Gasteiger partial charge < -0.3 is 13.8 Å². The number of halogens is 2. The molecule has 0 saturated carbocycles. The molecule has 5 nitrogen and oxygen atoms in total. The standard InChI is InChI=1S/C19H16BBrFNO4/c1-12(13-6-3-2-4-7-13)23-11-14-15(8-5-9-17(14)22)20(23)26-18(24)10-16(21)19(25)27-20/h2-9,11-12,16H,10H2,1H3/t12-,16?,20?/m1/s1. The van der Waals surface area contributed by atoms with Crippen molar-refractivity contribution in [2.75, 3.05) is 0 Å². The molecule has 27 heavy (non-hydrogen) atoms. The maximum Gasteiger partial charge on any atom is 0.684 e. The number of nitrogens with zero attached hydrogens (tertiary/aromatic N) is 1. The number of rotatable bonds is 2. The summed E-state index contributed by atoms with van der Waals surface area (Å²) in [6.45, 7) is -0.818. The SMILES string of the molecule is C[C@H](c1ccccc1)[N+]1=Cc2c(F)cccc2[B-]12OC(=O)CC(Br)C(=O)O2. The van der Waals surface area contributed by atoms with Crippen LogP contribution in [0.15, 0.2) is 48.5 Å². The Hall–Kier alpha value is -2.48. The lowest BCUT2D eigenvalue weighted by atomic mass is 9.62. The van der Waals surface area contributed by atoms with Crippen molar-refractivity contribution in [2.24, 2.45) is 0 Å². The zero-order valence-electron chi connectivity index (χ0n) is 14.5. The molecule has 138 valence electrons. The summed E-state index contributed by atoms with van der Waals surface area (Å²) in [6.07, 6.45) is 1.41. The maximum absolute atomic E-state index is 14.5. The Labute approximate surface area is 163 Å². The van der Waals surface area contributed by atoms with Crippen LogP contribution in [0.2, 0.25) is 0 Å². The molecule has 2 aromatic carbocycles. The first kappa shape index (κ1) is 17.9. The van der Waals surface area contributed by atoms with Crippen LogP contribution in [0.1, 0.15) is 30.5 Å². The molecule has 0 bridgehead atoms. The Kier molecular flexibility index (Phi) is 4.38. The van der Waals surface area contributed by atoms with Crippen molar-refractivity contribution in [3.8, 4) is 0 Å². The van der Waals surface area contributed by atoms with Gasteiger partial charge in [-0.15, -0.1) is 0 Å². The van der Waals surface area contributed by atoms with E-state index >= 15 is 0 Å². The second-order valence-corrected chi connectivity index (χ2v) is 7.78. The molecule has 2 unspecified atom stereocenters. The quantitative estimate of drug-likeness (QED) is 0.541. The van der Waals surface area contributed by atoms with Crippen molar-refractivity contribution < 1.29 is 27.8 Å². The summed E-state index contributed by atoms with van der Waals surface area (Å²) >= 11 is 3.16. The van der Waals surface area contributed by atoms with Crippen molar-refractivity contribution in [3.63, 3.8) is 0 Å². The molecule has 0 N–H and O–H groups in total. The van der Waals surface area contributed by atoms with Crippen molar-refractivity contribution in [1.29, 1.82) is 0 Å². The Bertz CT molecular complexity index is 967. The third-order valence-electron chi connectivity index (χ3n) is 5.05. The van der Waals surface area contributed by atoms with E-state index in [9.17, 15) is 14.0 Å². The van der Waals surface area contributed by atoms with Crippen LogP contribution >= 0.6 is 15.9 Å². The van der Waals surface area contributed by atoms with E-state index < -0.39 is 29.3 Å². The third-order valence-corrected chi connectivity index (χ3v) is 5.75. The first-order valence-electron chi connectivity index (χ1n) is 8.62. The van der Waals surface area contributed by atoms with Crippen LogP contribution in [0.25, 0.3) is 0 Å². The molecule has 2 aromatic rings. The van der Waals surface area contributed by atoms with E-state index in [2.05, 4.69) is 15.9 Å². The molecule has 2 aliphatic heterocycles. The zero-order valence-corrected chi connectivity index (χ0v) is 16.1. The maximum atomic E-state index is 14.5. The van der Waals surface area contributed by atoms with Crippen molar-refractivity contribution in [2.45, 2.75) is 24.2 Å². The van der Waals surface area contributed by atoms with Gasteiger partial charge in [0.05, 0.1) is 6.42 Å². The summed E-state index contributed by atoms with van der Waals surface area (Å²) in [7, 11) is 0. The monoisotopic (exact) mass is 431 g/mol. The highest BCUT2D eigenvalue weighted by molar-refractivity contribution is 9.10. The van der Waals surface area contributed by atoms with Crippen LogP contribution in [-0.4, -0.2) is 34.2 Å². The lowest BCUT2D eigenvalue weighted by molar-refractivity contribution is -0.467. The fraction of sp³-hybridized carbons (Fsp3) is 0.211. The first-order valence-corrected chi connectivity index (χ1v) is 9.53. The molecule has 1 saturated heterocycles. The van der Waals surface area contributed by atoms with Gasteiger partial charge in [0.1, 0.15) is 22.9 Å². The Balaban J connectivity index is 1.91. The molecule has 2 aliphatic rings. The van der Waals surface area contributed by atoms with Gasteiger partial charge in [0.25, 0.3) is 11.9 Å². The van der Waals surface area contributed by atoms with E-state index in [0.29, 0.717) is 5.46 Å². The largest absolute Gasteiger partial charge is 0.684 e. The number of carbonyl (C=O) groups is 2. The van der Waals surface area contributed by atoms with Crippen molar-refractivity contribution >= 4 is 46.2 Å². The van der Waals surface area contributed by atoms with Crippen LogP contribution in [0.5, 0.6) is 0 Å². The summed E-state index contributed by atoms with van der Waals surface area (Å²) in [4.78, 5) is 24.1. The number of benzene rings is 2. The molecule has 0 radical (unpaired) electrons. The molecule has 1 fully saturated rings. The summed E-state index contributed by atoms with van der Waals surface area (Å²) in [5.74, 6) is -1.67. The molecule has 3 atom stereocenters. The fourth-order valence-electron chi connectivity index (χ4n) is 3.69. The van der Waals surface area contributed by atoms with Crippen LogP contribution in [0.4, 0.5) is 4.39 Å². The second kappa shape index (κ2) is 6.60. The smallest absolute Gasteiger partial charge is 0.593 e. The highest BCUT2D eigenvalue weighted by Gasteiger charge is 2.59. The van der Waals surface area contributed by atoms with E-state index in [4.69, 9.17) is 9.31 Å². The molecular formula is C19H16BBrFNO4. The van der Waals surface area contributed by atoms with Crippen LogP contribution < -0.4 is 5.46 Å². The minimum absolute atomic E-state index is 0.152. The highest BCUT2D eigenvalue weighted by Crippen LogP contribution is 2.31. The normalized spacial score (nSPS) is 25.3. The van der Waals surface area contributed by atoms with E-state index in [1.807, 2.05) is 37.3 Å². The molecule has 8 heteroatoms. The third kappa shape index (κ3) is 2.88. The van der Waals surface area contributed by atoms with Gasteiger partial charge in [0.15, 0.2) is 0 Å². The predicted molar refractivity (Wildman–Crippen MR) is 102 cm³/mol. The summed E-state index contributed by atoms with van der Waals surface area (Å²) in [5, 5.41) is 0. The highest BCUT2D eigenvalue weighted by atomic mass is 79.9. The molecule has 2 heterocycles. The van der Waals surface area contributed by atoms with Crippen LogP contribution in [0, 0.1) is 5.82 Å². The van der Waals surface area contributed by atoms with Gasteiger partial charge in [-0.3, -0.25) is 9.59 Å². The Morgan fingerprint density at radius 1 is 1.15 bits per heavy atom. The van der Waals surface area contributed by atoms with Crippen molar-refractivity contribution in [1.82, 2.24) is 0 Å². The van der Waals surface area contributed by atoms with Gasteiger partial charge in [-0.25, -0.2) is 4.39 Å². The second-order valence-electron chi connectivity index (χ2n) is 6.68. The summed E-state index contributed by atoms with van der Waals surface area (Å²) < 4.78 is 27.6. The lowest BCUT2D eigenvalue weighted by Gasteiger charge is -2.34.